The molecule has 19 heavy (non-hydrogen) atoms. The maximum atomic E-state index is 13.3. The summed E-state index contributed by atoms with van der Waals surface area (Å²) in [6.45, 7) is 0. The van der Waals surface area contributed by atoms with Gasteiger partial charge in [0.15, 0.2) is 0 Å². The van der Waals surface area contributed by atoms with Crippen LogP contribution in [0.4, 0.5) is 10.1 Å². The number of nitrogen functional groups attached to an aromatic ring is 1. The van der Waals surface area contributed by atoms with E-state index in [1.165, 1.54) is 12.1 Å². The van der Waals surface area contributed by atoms with Crippen LogP contribution < -0.4 is 10.5 Å². The number of halogens is 1. The molecule has 0 aromatic heterocycles. The fourth-order valence-corrected chi connectivity index (χ4v) is 3.80. The lowest BCUT2D eigenvalue weighted by Crippen LogP contribution is -2.40. The smallest absolute Gasteiger partial charge is 0.243 e. The predicted octanol–water partition coefficient (Wildman–Crippen LogP) is 1.25. The Kier molecular flexibility index (Phi) is 4.07. The molecule has 1 aromatic carbocycles. The first-order valence-electron chi connectivity index (χ1n) is 6.05. The van der Waals surface area contributed by atoms with E-state index in [-0.39, 0.29) is 22.7 Å². The third kappa shape index (κ3) is 2.88. The van der Waals surface area contributed by atoms with Gasteiger partial charge in [0.25, 0.3) is 0 Å². The highest BCUT2D eigenvalue weighted by Gasteiger charge is 2.32. The van der Waals surface area contributed by atoms with Crippen LogP contribution in [0.15, 0.2) is 23.1 Å². The number of ether oxygens (including phenoxy) is 1. The molecule has 0 saturated heterocycles. The summed E-state index contributed by atoms with van der Waals surface area (Å²) in [4.78, 5) is -0.228. The Labute approximate surface area is 112 Å². The number of methoxy groups -OCH3 is 1. The molecule has 1 aliphatic carbocycles. The topological polar surface area (TPSA) is 81.4 Å². The van der Waals surface area contributed by atoms with Gasteiger partial charge in [0.1, 0.15) is 10.7 Å². The van der Waals surface area contributed by atoms with Crippen LogP contribution in [-0.4, -0.2) is 27.7 Å². The molecule has 1 saturated carbocycles. The first-order valence-corrected chi connectivity index (χ1v) is 7.53. The van der Waals surface area contributed by atoms with Gasteiger partial charge >= 0.3 is 0 Å². The summed E-state index contributed by atoms with van der Waals surface area (Å²) in [6.07, 6.45) is 2.25. The average molecular weight is 288 g/mol. The Morgan fingerprint density at radius 1 is 1.42 bits per heavy atom. The van der Waals surface area contributed by atoms with Crippen LogP contribution in [-0.2, 0) is 14.8 Å². The minimum atomic E-state index is -3.83. The van der Waals surface area contributed by atoms with Crippen LogP contribution in [0.25, 0.3) is 0 Å². The van der Waals surface area contributed by atoms with Crippen LogP contribution in [0.1, 0.15) is 19.3 Å². The maximum Gasteiger partial charge on any atom is 0.243 e. The fraction of sp³-hybridized carbons (Fsp3) is 0.500. The lowest BCUT2D eigenvalue weighted by atomic mass is 10.2. The average Bonchev–Trinajstić information content (AvgIpc) is 2.78. The quantitative estimate of drug-likeness (QED) is 0.817. The Morgan fingerprint density at radius 2 is 2.16 bits per heavy atom. The van der Waals surface area contributed by atoms with Crippen LogP contribution in [0.2, 0.25) is 0 Å². The molecule has 0 amide bonds. The van der Waals surface area contributed by atoms with E-state index in [0.29, 0.717) is 6.42 Å². The number of benzene rings is 1. The molecule has 106 valence electrons. The molecule has 1 fully saturated rings. The molecular weight excluding hydrogens is 271 g/mol. The van der Waals surface area contributed by atoms with Gasteiger partial charge in [-0.15, -0.1) is 0 Å². The second-order valence-electron chi connectivity index (χ2n) is 4.58. The van der Waals surface area contributed by atoms with Crippen LogP contribution in [0.5, 0.6) is 0 Å². The van der Waals surface area contributed by atoms with Gasteiger partial charge in [-0.05, 0) is 31.4 Å². The lowest BCUT2D eigenvalue weighted by molar-refractivity contribution is 0.0916. The third-order valence-electron chi connectivity index (χ3n) is 3.36. The third-order valence-corrected chi connectivity index (χ3v) is 4.91. The number of nitrogens with one attached hydrogen (secondary N) is 1. The lowest BCUT2D eigenvalue weighted by Gasteiger charge is -2.20. The molecule has 1 aromatic rings. The normalized spacial score (nSPS) is 23.7. The highest BCUT2D eigenvalue weighted by molar-refractivity contribution is 7.89. The van der Waals surface area contributed by atoms with Crippen molar-refractivity contribution < 1.29 is 17.5 Å². The number of nitrogens with two attached hydrogens (primary N) is 1. The maximum absolute atomic E-state index is 13.3. The number of anilines is 1. The molecule has 2 unspecified atom stereocenters. The van der Waals surface area contributed by atoms with E-state index in [1.54, 1.807) is 7.11 Å². The van der Waals surface area contributed by atoms with E-state index in [1.807, 2.05) is 0 Å². The summed E-state index contributed by atoms with van der Waals surface area (Å²) in [5.41, 5.74) is 5.13. The van der Waals surface area contributed by atoms with Crippen molar-refractivity contribution in [2.45, 2.75) is 36.3 Å². The summed E-state index contributed by atoms with van der Waals surface area (Å²) < 4.78 is 45.5. The van der Waals surface area contributed by atoms with Crippen molar-refractivity contribution in [3.63, 3.8) is 0 Å². The summed E-state index contributed by atoms with van der Waals surface area (Å²) in [5, 5.41) is 0. The van der Waals surface area contributed by atoms with E-state index in [4.69, 9.17) is 10.5 Å². The minimum Gasteiger partial charge on any atom is -0.395 e. The first kappa shape index (κ1) is 14.2. The van der Waals surface area contributed by atoms with Crippen LogP contribution in [0, 0.1) is 5.82 Å². The second kappa shape index (κ2) is 5.44. The molecule has 7 heteroatoms. The summed E-state index contributed by atoms with van der Waals surface area (Å²) in [5.74, 6) is -0.738. The van der Waals surface area contributed by atoms with Crippen molar-refractivity contribution in [3.05, 3.63) is 24.0 Å². The summed E-state index contributed by atoms with van der Waals surface area (Å²) in [7, 11) is -2.29. The predicted molar refractivity (Wildman–Crippen MR) is 69.6 cm³/mol. The molecule has 0 radical (unpaired) electrons. The molecule has 3 N–H and O–H groups in total. The summed E-state index contributed by atoms with van der Waals surface area (Å²) in [6, 6.07) is 3.44. The van der Waals surface area contributed by atoms with E-state index >= 15 is 0 Å². The molecule has 0 bridgehead atoms. The number of para-hydroxylation sites is 1. The molecular formula is C12H17FN2O3S. The van der Waals surface area contributed by atoms with Gasteiger partial charge in [-0.25, -0.2) is 17.5 Å². The largest absolute Gasteiger partial charge is 0.395 e. The zero-order valence-corrected chi connectivity index (χ0v) is 11.4. The van der Waals surface area contributed by atoms with Gasteiger partial charge in [0.2, 0.25) is 10.0 Å². The second-order valence-corrected chi connectivity index (χ2v) is 6.27. The van der Waals surface area contributed by atoms with Gasteiger partial charge in [-0.3, -0.25) is 0 Å². The van der Waals surface area contributed by atoms with Gasteiger partial charge in [0.05, 0.1) is 11.8 Å². The molecule has 0 aliphatic heterocycles. The molecule has 2 rings (SSSR count). The summed E-state index contributed by atoms with van der Waals surface area (Å²) >= 11 is 0. The Balaban J connectivity index is 2.25. The number of rotatable bonds is 4. The number of hydrogen-bond acceptors (Lipinski definition) is 4. The zero-order chi connectivity index (χ0) is 14.0. The highest BCUT2D eigenvalue weighted by atomic mass is 32.2. The number of hydrogen-bond donors (Lipinski definition) is 2. The van der Waals surface area contributed by atoms with E-state index in [9.17, 15) is 12.8 Å². The van der Waals surface area contributed by atoms with Crippen molar-refractivity contribution in [3.8, 4) is 0 Å². The molecule has 0 heterocycles. The first-order chi connectivity index (χ1) is 8.95. The van der Waals surface area contributed by atoms with Gasteiger partial charge < -0.3 is 10.5 Å². The monoisotopic (exact) mass is 288 g/mol. The van der Waals surface area contributed by atoms with Crippen LogP contribution in [0.3, 0.4) is 0 Å². The van der Waals surface area contributed by atoms with E-state index < -0.39 is 15.8 Å². The molecule has 0 spiro atoms. The van der Waals surface area contributed by atoms with Crippen molar-refractivity contribution in [1.29, 1.82) is 0 Å². The van der Waals surface area contributed by atoms with Gasteiger partial charge in [-0.1, -0.05) is 6.07 Å². The van der Waals surface area contributed by atoms with Crippen LogP contribution >= 0.6 is 0 Å². The zero-order valence-electron chi connectivity index (χ0n) is 10.6. The van der Waals surface area contributed by atoms with E-state index in [2.05, 4.69) is 4.72 Å². The molecule has 1 aliphatic rings. The van der Waals surface area contributed by atoms with E-state index in [0.717, 1.165) is 18.9 Å². The molecule has 2 atom stereocenters. The SMILES string of the molecule is COC1CCCC1NS(=O)(=O)c1cccc(F)c1N. The van der Waals surface area contributed by atoms with Crippen molar-refractivity contribution in [2.24, 2.45) is 0 Å². The highest BCUT2D eigenvalue weighted by Crippen LogP contribution is 2.26. The fourth-order valence-electron chi connectivity index (χ4n) is 2.36. The van der Waals surface area contributed by atoms with Crippen molar-refractivity contribution in [1.82, 2.24) is 4.72 Å². The van der Waals surface area contributed by atoms with Crippen molar-refractivity contribution >= 4 is 15.7 Å². The van der Waals surface area contributed by atoms with Crippen molar-refractivity contribution in [2.75, 3.05) is 12.8 Å². The van der Waals surface area contributed by atoms with Gasteiger partial charge in [0, 0.05) is 13.2 Å². The Morgan fingerprint density at radius 3 is 2.84 bits per heavy atom. The number of sulfonamides is 1. The standard InChI is InChI=1S/C12H17FN2O3S/c1-18-10-6-3-5-9(10)15-19(16,17)11-7-2-4-8(13)12(11)14/h2,4,7,9-10,15H,3,5-6,14H2,1H3. The van der Waals surface area contributed by atoms with Gasteiger partial charge in [-0.2, -0.15) is 0 Å². The Hall–Kier alpha value is -1.18. The Bertz CT molecular complexity index is 562. The molecule has 5 nitrogen and oxygen atoms in total. The minimum absolute atomic E-state index is 0.149.